The molecule has 4 nitrogen and oxygen atoms in total. The minimum absolute atomic E-state index is 0.105. The number of thiazole rings is 1. The number of nitrogens with zero attached hydrogens (tertiary/aromatic N) is 1. The van der Waals surface area contributed by atoms with Crippen LogP contribution in [-0.4, -0.2) is 24.1 Å². The lowest BCUT2D eigenvalue weighted by molar-refractivity contribution is -0.145. The van der Waals surface area contributed by atoms with Gasteiger partial charge in [-0.05, 0) is 44.9 Å². The van der Waals surface area contributed by atoms with Gasteiger partial charge in [0.1, 0.15) is 5.92 Å². The molecule has 5 heteroatoms. The van der Waals surface area contributed by atoms with Crippen molar-refractivity contribution in [3.05, 3.63) is 10.6 Å². The zero-order chi connectivity index (χ0) is 14.7. The Hall–Kier alpha value is -1.10. The first kappa shape index (κ1) is 14.8. The topological polar surface area (TPSA) is 51.2 Å². The molecule has 1 heterocycles. The van der Waals surface area contributed by atoms with E-state index in [0.29, 0.717) is 6.61 Å². The number of fused-ring (bicyclic) bond motifs is 1. The third-order valence-electron chi connectivity index (χ3n) is 4.54. The van der Waals surface area contributed by atoms with Crippen molar-refractivity contribution in [3.63, 3.8) is 0 Å². The van der Waals surface area contributed by atoms with Crippen LogP contribution in [0.2, 0.25) is 0 Å². The quantitative estimate of drug-likeness (QED) is 0.842. The molecule has 1 aromatic rings. The standard InChI is InChI=1S/C16H24N2O2S/c1-2-20-15(19)12-8-5-9-13-14(12)18-16(21-13)17-10-11-6-3-4-7-11/h11-12H,2-10H2,1H3,(H,17,18). The summed E-state index contributed by atoms with van der Waals surface area (Å²) in [5.41, 5.74) is 0.971. The molecular formula is C16H24N2O2S. The van der Waals surface area contributed by atoms with E-state index in [1.165, 1.54) is 30.6 Å². The summed E-state index contributed by atoms with van der Waals surface area (Å²) in [6, 6.07) is 0. The van der Waals surface area contributed by atoms with Crippen LogP contribution in [-0.2, 0) is 16.0 Å². The molecule has 1 aromatic heterocycles. The summed E-state index contributed by atoms with van der Waals surface area (Å²) in [5, 5.41) is 4.48. The van der Waals surface area contributed by atoms with E-state index < -0.39 is 0 Å². The highest BCUT2D eigenvalue weighted by Gasteiger charge is 2.31. The predicted octanol–water partition coefficient (Wildman–Crippen LogP) is 3.73. The highest BCUT2D eigenvalue weighted by Crippen LogP contribution is 2.37. The van der Waals surface area contributed by atoms with Gasteiger partial charge < -0.3 is 10.1 Å². The Balaban J connectivity index is 1.66. The number of ether oxygens (including phenoxy) is 1. The first-order chi connectivity index (χ1) is 10.3. The second-order valence-electron chi connectivity index (χ2n) is 6.06. The van der Waals surface area contributed by atoms with Crippen LogP contribution in [0.5, 0.6) is 0 Å². The van der Waals surface area contributed by atoms with E-state index >= 15 is 0 Å². The zero-order valence-corrected chi connectivity index (χ0v) is 13.5. The molecular weight excluding hydrogens is 284 g/mol. The Morgan fingerprint density at radius 2 is 2.14 bits per heavy atom. The number of hydrogen-bond donors (Lipinski definition) is 1. The van der Waals surface area contributed by atoms with Gasteiger partial charge in [-0.3, -0.25) is 4.79 Å². The van der Waals surface area contributed by atoms with Gasteiger partial charge in [-0.15, -0.1) is 11.3 Å². The molecule has 0 radical (unpaired) electrons. The summed E-state index contributed by atoms with van der Waals surface area (Å²) in [6.07, 6.45) is 8.39. The molecule has 1 unspecified atom stereocenters. The van der Waals surface area contributed by atoms with Gasteiger partial charge >= 0.3 is 5.97 Å². The third kappa shape index (κ3) is 3.39. The molecule has 0 aromatic carbocycles. The maximum absolute atomic E-state index is 12.1. The van der Waals surface area contributed by atoms with Gasteiger partial charge in [0.2, 0.25) is 0 Å². The van der Waals surface area contributed by atoms with Crippen molar-refractivity contribution in [1.82, 2.24) is 4.98 Å². The molecule has 0 bridgehead atoms. The first-order valence-electron chi connectivity index (χ1n) is 8.18. The molecule has 0 saturated heterocycles. The molecule has 1 fully saturated rings. The molecule has 116 valence electrons. The number of carbonyl (C=O) groups is 1. The zero-order valence-electron chi connectivity index (χ0n) is 12.7. The number of carbonyl (C=O) groups excluding carboxylic acids is 1. The lowest BCUT2D eigenvalue weighted by Gasteiger charge is -2.19. The minimum atomic E-state index is -0.146. The lowest BCUT2D eigenvalue weighted by Crippen LogP contribution is -2.20. The van der Waals surface area contributed by atoms with Crippen molar-refractivity contribution >= 4 is 22.4 Å². The third-order valence-corrected chi connectivity index (χ3v) is 5.63. The van der Waals surface area contributed by atoms with Crippen molar-refractivity contribution in [2.45, 2.75) is 57.8 Å². The number of esters is 1. The van der Waals surface area contributed by atoms with Gasteiger partial charge in [0.15, 0.2) is 5.13 Å². The SMILES string of the molecule is CCOC(=O)C1CCCc2sc(NCC3CCCC3)nc21. The van der Waals surface area contributed by atoms with Crippen LogP contribution >= 0.6 is 11.3 Å². The Labute approximate surface area is 130 Å². The van der Waals surface area contributed by atoms with Crippen LogP contribution in [0.15, 0.2) is 0 Å². The summed E-state index contributed by atoms with van der Waals surface area (Å²) in [7, 11) is 0. The van der Waals surface area contributed by atoms with Crippen molar-refractivity contribution in [1.29, 1.82) is 0 Å². The molecule has 0 aliphatic heterocycles. The largest absolute Gasteiger partial charge is 0.465 e. The van der Waals surface area contributed by atoms with Crippen molar-refractivity contribution in [2.75, 3.05) is 18.5 Å². The smallest absolute Gasteiger partial charge is 0.315 e. The number of aromatic nitrogens is 1. The molecule has 1 atom stereocenters. The summed E-state index contributed by atoms with van der Waals surface area (Å²) >= 11 is 1.73. The maximum atomic E-state index is 12.1. The van der Waals surface area contributed by atoms with E-state index in [0.717, 1.165) is 42.6 Å². The van der Waals surface area contributed by atoms with Crippen LogP contribution in [0.3, 0.4) is 0 Å². The van der Waals surface area contributed by atoms with Crippen molar-refractivity contribution < 1.29 is 9.53 Å². The first-order valence-corrected chi connectivity index (χ1v) is 8.99. The second kappa shape index (κ2) is 6.77. The van der Waals surface area contributed by atoms with Crippen molar-refractivity contribution in [3.8, 4) is 0 Å². The lowest BCUT2D eigenvalue weighted by atomic mass is 9.91. The molecule has 0 amide bonds. The fraction of sp³-hybridized carbons (Fsp3) is 0.750. The Bertz CT molecular complexity index is 494. The molecule has 2 aliphatic rings. The number of aryl methyl sites for hydroxylation is 1. The number of rotatable bonds is 5. The molecule has 3 rings (SSSR count). The summed E-state index contributed by atoms with van der Waals surface area (Å²) in [6.45, 7) is 3.33. The summed E-state index contributed by atoms with van der Waals surface area (Å²) in [5.74, 6) is 0.546. The molecule has 0 spiro atoms. The van der Waals surface area contributed by atoms with E-state index in [9.17, 15) is 4.79 Å². The van der Waals surface area contributed by atoms with Crippen LogP contribution < -0.4 is 5.32 Å². The molecule has 1 N–H and O–H groups in total. The average molecular weight is 308 g/mol. The van der Waals surface area contributed by atoms with Gasteiger partial charge in [0.05, 0.1) is 12.3 Å². The number of hydrogen-bond acceptors (Lipinski definition) is 5. The Morgan fingerprint density at radius 3 is 2.90 bits per heavy atom. The Morgan fingerprint density at radius 1 is 1.33 bits per heavy atom. The van der Waals surface area contributed by atoms with Crippen LogP contribution in [0.25, 0.3) is 0 Å². The maximum Gasteiger partial charge on any atom is 0.315 e. The fourth-order valence-electron chi connectivity index (χ4n) is 3.41. The van der Waals surface area contributed by atoms with Gasteiger partial charge in [0, 0.05) is 11.4 Å². The van der Waals surface area contributed by atoms with Gasteiger partial charge in [-0.25, -0.2) is 4.98 Å². The summed E-state index contributed by atoms with van der Waals surface area (Å²) < 4.78 is 5.19. The number of nitrogens with one attached hydrogen (secondary N) is 1. The molecule has 2 aliphatic carbocycles. The van der Waals surface area contributed by atoms with Crippen LogP contribution in [0.1, 0.15) is 61.9 Å². The summed E-state index contributed by atoms with van der Waals surface area (Å²) in [4.78, 5) is 18.0. The predicted molar refractivity (Wildman–Crippen MR) is 84.9 cm³/mol. The Kier molecular flexibility index (Phi) is 4.78. The molecule has 21 heavy (non-hydrogen) atoms. The fourth-order valence-corrected chi connectivity index (χ4v) is 4.48. The van der Waals surface area contributed by atoms with Gasteiger partial charge in [-0.2, -0.15) is 0 Å². The van der Waals surface area contributed by atoms with E-state index in [2.05, 4.69) is 5.32 Å². The van der Waals surface area contributed by atoms with Crippen LogP contribution in [0, 0.1) is 5.92 Å². The van der Waals surface area contributed by atoms with E-state index in [1.807, 2.05) is 6.92 Å². The highest BCUT2D eigenvalue weighted by atomic mass is 32.1. The van der Waals surface area contributed by atoms with Crippen molar-refractivity contribution in [2.24, 2.45) is 5.92 Å². The second-order valence-corrected chi connectivity index (χ2v) is 7.14. The van der Waals surface area contributed by atoms with E-state index in [1.54, 1.807) is 11.3 Å². The number of anilines is 1. The highest BCUT2D eigenvalue weighted by molar-refractivity contribution is 7.15. The van der Waals surface area contributed by atoms with E-state index in [4.69, 9.17) is 9.72 Å². The monoisotopic (exact) mass is 308 g/mol. The molecule has 1 saturated carbocycles. The van der Waals surface area contributed by atoms with E-state index in [-0.39, 0.29) is 11.9 Å². The van der Waals surface area contributed by atoms with Gasteiger partial charge in [0.25, 0.3) is 0 Å². The van der Waals surface area contributed by atoms with Crippen LogP contribution in [0.4, 0.5) is 5.13 Å². The van der Waals surface area contributed by atoms with Gasteiger partial charge in [-0.1, -0.05) is 12.8 Å². The minimum Gasteiger partial charge on any atom is -0.465 e. The normalized spacial score (nSPS) is 22.0. The average Bonchev–Trinajstić information content (AvgIpc) is 3.13.